The summed E-state index contributed by atoms with van der Waals surface area (Å²) in [4.78, 5) is 5.09. The summed E-state index contributed by atoms with van der Waals surface area (Å²) in [6.45, 7) is 0. The molecule has 3 nitrogen and oxygen atoms in total. The van der Waals surface area contributed by atoms with Crippen LogP contribution in [-0.4, -0.2) is 4.98 Å². The van der Waals surface area contributed by atoms with Crippen molar-refractivity contribution < 1.29 is 4.42 Å². The van der Waals surface area contributed by atoms with Crippen LogP contribution in [0.4, 0.5) is 11.4 Å². The van der Waals surface area contributed by atoms with Gasteiger partial charge in [-0.2, -0.15) is 0 Å². The third-order valence-electron chi connectivity index (χ3n) is 10.9. The molecule has 0 fully saturated rings. The minimum atomic E-state index is 0.861. The van der Waals surface area contributed by atoms with E-state index in [9.17, 15) is 0 Å². The van der Waals surface area contributed by atoms with E-state index in [-0.39, 0.29) is 0 Å². The Morgan fingerprint density at radius 2 is 0.930 bits per heavy atom. The van der Waals surface area contributed by atoms with Crippen LogP contribution in [0.25, 0.3) is 98.0 Å². The lowest BCUT2D eigenvalue weighted by molar-refractivity contribution is 0.669. The Labute approximate surface area is 334 Å². The van der Waals surface area contributed by atoms with Gasteiger partial charge in [0.1, 0.15) is 11.2 Å². The summed E-state index contributed by atoms with van der Waals surface area (Å²) >= 11 is 1.84. The lowest BCUT2D eigenvalue weighted by Crippen LogP contribution is -1.93. The van der Waals surface area contributed by atoms with E-state index in [4.69, 9.17) is 9.40 Å². The van der Waals surface area contributed by atoms with Crippen molar-refractivity contribution in [3.05, 3.63) is 200 Å². The molecule has 268 valence electrons. The van der Waals surface area contributed by atoms with Crippen LogP contribution in [-0.2, 0) is 0 Å². The Bertz CT molecular complexity index is 3200. The number of para-hydroxylation sites is 1. The van der Waals surface area contributed by atoms with Gasteiger partial charge in [0.2, 0.25) is 0 Å². The number of benzene rings is 8. The van der Waals surface area contributed by atoms with Crippen molar-refractivity contribution in [3.63, 3.8) is 0 Å². The first kappa shape index (κ1) is 33.1. The highest BCUT2D eigenvalue weighted by Gasteiger charge is 2.14. The zero-order chi connectivity index (χ0) is 37.7. The van der Waals surface area contributed by atoms with Gasteiger partial charge in [0.15, 0.2) is 0 Å². The molecule has 0 atom stereocenters. The maximum atomic E-state index is 6.54. The number of anilines is 2. The van der Waals surface area contributed by atoms with E-state index >= 15 is 0 Å². The Balaban J connectivity index is 0.924. The molecular formula is C53H34N2OS. The molecule has 11 aromatic rings. The Morgan fingerprint density at radius 1 is 0.368 bits per heavy atom. The average Bonchev–Trinajstić information content (AvgIpc) is 3.84. The molecule has 11 rings (SSSR count). The fraction of sp³-hybridized carbons (Fsp3) is 0. The number of aromatic nitrogens is 1. The molecule has 0 aliphatic heterocycles. The summed E-state index contributed by atoms with van der Waals surface area (Å²) in [6, 6.07) is 70.9. The van der Waals surface area contributed by atoms with Gasteiger partial charge in [0.05, 0.1) is 11.4 Å². The topological polar surface area (TPSA) is 38.1 Å². The molecule has 0 radical (unpaired) electrons. The van der Waals surface area contributed by atoms with Crippen LogP contribution in [0.15, 0.2) is 205 Å². The van der Waals surface area contributed by atoms with E-state index in [0.717, 1.165) is 72.5 Å². The first-order valence-electron chi connectivity index (χ1n) is 19.2. The Kier molecular flexibility index (Phi) is 8.01. The molecule has 0 aliphatic rings. The van der Waals surface area contributed by atoms with Gasteiger partial charge >= 0.3 is 0 Å². The zero-order valence-corrected chi connectivity index (χ0v) is 31.6. The van der Waals surface area contributed by atoms with Crippen molar-refractivity contribution in [2.75, 3.05) is 5.32 Å². The van der Waals surface area contributed by atoms with Crippen LogP contribution in [0.3, 0.4) is 0 Å². The minimum absolute atomic E-state index is 0.861. The highest BCUT2D eigenvalue weighted by atomic mass is 32.1. The standard InChI is InChI=1S/C53H34N2OS/c1-4-12-34(13-5-1)42-18-10-11-19-47(42)54-41-23-26-44-43-24-20-38(31-50(43)56-51(44)33-41)37-22-27-52-46(28-37)45-25-21-39(32-53(45)57-52)40-29-48(35-14-6-2-7-15-35)55-49(30-40)36-16-8-3-9-17-36/h1-33,54H. The first-order valence-corrected chi connectivity index (χ1v) is 20.0. The molecule has 0 amide bonds. The number of nitrogens with one attached hydrogen (secondary N) is 1. The summed E-state index contributed by atoms with van der Waals surface area (Å²) in [5.41, 5.74) is 14.9. The number of nitrogens with zero attached hydrogens (tertiary/aromatic N) is 1. The third kappa shape index (κ3) is 6.13. The number of furan rings is 1. The fourth-order valence-electron chi connectivity index (χ4n) is 8.00. The van der Waals surface area contributed by atoms with Crippen LogP contribution in [0.1, 0.15) is 0 Å². The van der Waals surface area contributed by atoms with Gasteiger partial charge < -0.3 is 9.73 Å². The smallest absolute Gasteiger partial charge is 0.137 e. The molecule has 3 heterocycles. The predicted molar refractivity (Wildman–Crippen MR) is 241 cm³/mol. The molecule has 0 aliphatic carbocycles. The Morgan fingerprint density at radius 3 is 1.65 bits per heavy atom. The van der Waals surface area contributed by atoms with Crippen molar-refractivity contribution in [3.8, 4) is 55.9 Å². The van der Waals surface area contributed by atoms with Gasteiger partial charge in [0, 0.05) is 65.1 Å². The molecule has 0 saturated heterocycles. The van der Waals surface area contributed by atoms with E-state index in [1.807, 2.05) is 29.5 Å². The number of thiophene rings is 1. The van der Waals surface area contributed by atoms with Crippen molar-refractivity contribution in [1.29, 1.82) is 0 Å². The minimum Gasteiger partial charge on any atom is -0.456 e. The second kappa shape index (κ2) is 13.8. The zero-order valence-electron chi connectivity index (χ0n) is 30.8. The molecule has 0 spiro atoms. The molecule has 57 heavy (non-hydrogen) atoms. The van der Waals surface area contributed by atoms with E-state index in [1.54, 1.807) is 0 Å². The maximum Gasteiger partial charge on any atom is 0.137 e. The average molecular weight is 747 g/mol. The van der Waals surface area contributed by atoms with Crippen LogP contribution in [0.2, 0.25) is 0 Å². The number of fused-ring (bicyclic) bond motifs is 6. The number of hydrogen-bond acceptors (Lipinski definition) is 4. The third-order valence-corrected chi connectivity index (χ3v) is 12.0. The van der Waals surface area contributed by atoms with Gasteiger partial charge in [-0.1, -0.05) is 133 Å². The van der Waals surface area contributed by atoms with Crippen molar-refractivity contribution in [1.82, 2.24) is 4.98 Å². The number of rotatable bonds is 7. The van der Waals surface area contributed by atoms with Crippen LogP contribution >= 0.6 is 11.3 Å². The largest absolute Gasteiger partial charge is 0.456 e. The second-order valence-electron chi connectivity index (χ2n) is 14.4. The molecular weight excluding hydrogens is 713 g/mol. The summed E-state index contributed by atoms with van der Waals surface area (Å²) in [7, 11) is 0. The summed E-state index contributed by atoms with van der Waals surface area (Å²) in [6.07, 6.45) is 0. The number of hydrogen-bond donors (Lipinski definition) is 1. The quantitative estimate of drug-likeness (QED) is 0.176. The second-order valence-corrected chi connectivity index (χ2v) is 15.5. The SMILES string of the molecule is c1ccc(-c2cc(-c3ccc4c(c3)sc3ccc(-c5ccc6c(c5)oc5cc(Nc7ccccc7-c7ccccc7)ccc56)cc34)cc(-c3ccccc3)n2)cc1. The highest BCUT2D eigenvalue weighted by molar-refractivity contribution is 7.25. The number of pyridine rings is 1. The molecule has 4 heteroatoms. The highest BCUT2D eigenvalue weighted by Crippen LogP contribution is 2.41. The summed E-state index contributed by atoms with van der Waals surface area (Å²) < 4.78 is 9.08. The molecule has 1 N–H and O–H groups in total. The Hall–Kier alpha value is -7.27. The lowest BCUT2D eigenvalue weighted by Gasteiger charge is -2.12. The first-order chi connectivity index (χ1) is 28.2. The lowest BCUT2D eigenvalue weighted by atomic mass is 9.98. The van der Waals surface area contributed by atoms with E-state index in [2.05, 4.69) is 187 Å². The van der Waals surface area contributed by atoms with Crippen LogP contribution in [0.5, 0.6) is 0 Å². The fourth-order valence-corrected chi connectivity index (χ4v) is 9.12. The maximum absolute atomic E-state index is 6.54. The van der Waals surface area contributed by atoms with Gasteiger partial charge in [-0.15, -0.1) is 11.3 Å². The normalized spacial score (nSPS) is 11.5. The van der Waals surface area contributed by atoms with Gasteiger partial charge in [-0.25, -0.2) is 4.98 Å². The molecule has 0 unspecified atom stereocenters. The van der Waals surface area contributed by atoms with Crippen LogP contribution < -0.4 is 5.32 Å². The van der Waals surface area contributed by atoms with Gasteiger partial charge in [-0.05, 0) is 88.5 Å². The van der Waals surface area contributed by atoms with Crippen molar-refractivity contribution >= 4 is 64.8 Å². The molecule has 8 aromatic carbocycles. The van der Waals surface area contributed by atoms with E-state index < -0.39 is 0 Å². The van der Waals surface area contributed by atoms with E-state index in [1.165, 1.54) is 36.9 Å². The monoisotopic (exact) mass is 746 g/mol. The molecule has 0 saturated carbocycles. The van der Waals surface area contributed by atoms with Gasteiger partial charge in [0.25, 0.3) is 0 Å². The molecule has 0 bridgehead atoms. The van der Waals surface area contributed by atoms with Crippen molar-refractivity contribution in [2.24, 2.45) is 0 Å². The molecule has 3 aromatic heterocycles. The van der Waals surface area contributed by atoms with E-state index in [0.29, 0.717) is 0 Å². The predicted octanol–water partition coefficient (Wildman–Crippen LogP) is 15.4. The summed E-state index contributed by atoms with van der Waals surface area (Å²) in [5, 5.41) is 8.39. The van der Waals surface area contributed by atoms with Crippen LogP contribution in [0, 0.1) is 0 Å². The van der Waals surface area contributed by atoms with Gasteiger partial charge in [-0.3, -0.25) is 0 Å². The van der Waals surface area contributed by atoms with Crippen molar-refractivity contribution in [2.45, 2.75) is 0 Å². The summed E-state index contributed by atoms with van der Waals surface area (Å²) in [5.74, 6) is 0.